The summed E-state index contributed by atoms with van der Waals surface area (Å²) in [5.74, 6) is 1.75. The van der Waals surface area contributed by atoms with Crippen molar-refractivity contribution < 1.29 is 9.15 Å². The van der Waals surface area contributed by atoms with Crippen molar-refractivity contribution in [3.8, 4) is 5.75 Å². The van der Waals surface area contributed by atoms with Gasteiger partial charge in [-0.3, -0.25) is 0 Å². The average molecular weight is 306 g/mol. The van der Waals surface area contributed by atoms with Crippen LogP contribution in [0.1, 0.15) is 30.0 Å². The molecule has 5 heteroatoms. The standard InChI is InChI=1S/C16H22N2O2S/c1-10-11(2)20-16(18-10)21-12(3)15(17-4)13-6-8-14(19-5)9-7-13/h6-9,12,15,17H,1-5H3. The molecule has 0 aliphatic rings. The zero-order valence-electron chi connectivity index (χ0n) is 13.1. The number of methoxy groups -OCH3 is 1. The van der Waals surface area contributed by atoms with Crippen molar-refractivity contribution in [2.45, 2.75) is 37.3 Å². The number of nitrogens with zero attached hydrogens (tertiary/aromatic N) is 1. The molecule has 2 unspecified atom stereocenters. The highest BCUT2D eigenvalue weighted by molar-refractivity contribution is 7.99. The van der Waals surface area contributed by atoms with Crippen LogP contribution in [0.4, 0.5) is 0 Å². The Morgan fingerprint density at radius 1 is 1.24 bits per heavy atom. The molecular weight excluding hydrogens is 284 g/mol. The van der Waals surface area contributed by atoms with Crippen LogP contribution in [0.3, 0.4) is 0 Å². The molecule has 114 valence electrons. The third kappa shape index (κ3) is 3.80. The minimum atomic E-state index is 0.216. The molecule has 4 nitrogen and oxygen atoms in total. The number of rotatable bonds is 6. The van der Waals surface area contributed by atoms with Crippen LogP contribution >= 0.6 is 11.8 Å². The lowest BCUT2D eigenvalue weighted by Gasteiger charge is -2.22. The van der Waals surface area contributed by atoms with E-state index in [-0.39, 0.29) is 6.04 Å². The van der Waals surface area contributed by atoms with Crippen LogP contribution in [0.15, 0.2) is 33.9 Å². The van der Waals surface area contributed by atoms with Crippen LogP contribution in [-0.2, 0) is 0 Å². The first-order chi connectivity index (χ1) is 10.0. The van der Waals surface area contributed by atoms with E-state index in [1.54, 1.807) is 18.9 Å². The lowest BCUT2D eigenvalue weighted by atomic mass is 10.0. The third-order valence-electron chi connectivity index (χ3n) is 3.55. The molecular formula is C16H22N2O2S. The molecule has 0 spiro atoms. The van der Waals surface area contributed by atoms with E-state index in [0.29, 0.717) is 5.25 Å². The van der Waals surface area contributed by atoms with Gasteiger partial charge in [-0.25, -0.2) is 4.98 Å². The fourth-order valence-corrected chi connectivity index (χ4v) is 3.31. The molecule has 1 N–H and O–H groups in total. The molecule has 1 aromatic carbocycles. The predicted octanol–water partition coefficient (Wildman–Crippen LogP) is 3.74. The summed E-state index contributed by atoms with van der Waals surface area (Å²) in [6, 6.07) is 8.35. The maximum Gasteiger partial charge on any atom is 0.256 e. The second-order valence-corrected chi connectivity index (χ2v) is 6.31. The smallest absolute Gasteiger partial charge is 0.256 e. The average Bonchev–Trinajstić information content (AvgIpc) is 2.78. The quantitative estimate of drug-likeness (QED) is 0.824. The van der Waals surface area contributed by atoms with Crippen molar-refractivity contribution in [1.82, 2.24) is 10.3 Å². The number of nitrogens with one attached hydrogen (secondary N) is 1. The Morgan fingerprint density at radius 2 is 1.90 bits per heavy atom. The summed E-state index contributed by atoms with van der Waals surface area (Å²) in [7, 11) is 3.65. The van der Waals surface area contributed by atoms with Crippen molar-refractivity contribution >= 4 is 11.8 Å². The number of benzene rings is 1. The molecule has 1 heterocycles. The van der Waals surface area contributed by atoms with E-state index in [2.05, 4.69) is 29.4 Å². The van der Waals surface area contributed by atoms with Gasteiger partial charge >= 0.3 is 0 Å². The first-order valence-corrected chi connectivity index (χ1v) is 7.85. The van der Waals surface area contributed by atoms with Crippen molar-refractivity contribution in [3.63, 3.8) is 0 Å². The number of aromatic nitrogens is 1. The number of hydrogen-bond acceptors (Lipinski definition) is 5. The highest BCUT2D eigenvalue weighted by Crippen LogP contribution is 2.32. The van der Waals surface area contributed by atoms with Crippen molar-refractivity contribution in [1.29, 1.82) is 0 Å². The SMILES string of the molecule is CNC(c1ccc(OC)cc1)C(C)Sc1nc(C)c(C)o1. The molecule has 1 aromatic heterocycles. The lowest BCUT2D eigenvalue weighted by Crippen LogP contribution is -2.25. The normalized spacial score (nSPS) is 14.0. The fraction of sp³-hybridized carbons (Fsp3) is 0.438. The zero-order chi connectivity index (χ0) is 15.4. The molecule has 2 atom stereocenters. The van der Waals surface area contributed by atoms with Crippen LogP contribution in [0.25, 0.3) is 0 Å². The number of ether oxygens (including phenoxy) is 1. The summed E-state index contributed by atoms with van der Waals surface area (Å²) in [6.45, 7) is 6.08. The van der Waals surface area contributed by atoms with E-state index in [1.807, 2.05) is 33.0 Å². The largest absolute Gasteiger partial charge is 0.497 e. The minimum absolute atomic E-state index is 0.216. The molecule has 0 aliphatic carbocycles. The van der Waals surface area contributed by atoms with Gasteiger partial charge in [0.15, 0.2) is 0 Å². The summed E-state index contributed by atoms with van der Waals surface area (Å²) >= 11 is 1.64. The van der Waals surface area contributed by atoms with E-state index in [1.165, 1.54) is 5.56 Å². The predicted molar refractivity (Wildman–Crippen MR) is 86.1 cm³/mol. The molecule has 2 aromatic rings. The summed E-state index contributed by atoms with van der Waals surface area (Å²) in [6.07, 6.45) is 0. The maximum absolute atomic E-state index is 5.66. The maximum atomic E-state index is 5.66. The molecule has 0 saturated carbocycles. The van der Waals surface area contributed by atoms with Gasteiger partial charge in [0, 0.05) is 11.3 Å². The van der Waals surface area contributed by atoms with Gasteiger partial charge in [-0.05, 0) is 38.6 Å². The summed E-state index contributed by atoms with van der Waals surface area (Å²) in [5.41, 5.74) is 2.17. The topological polar surface area (TPSA) is 47.3 Å². The van der Waals surface area contributed by atoms with Crippen LogP contribution in [-0.4, -0.2) is 24.4 Å². The molecule has 0 fully saturated rings. The number of thioether (sulfide) groups is 1. The van der Waals surface area contributed by atoms with E-state index >= 15 is 0 Å². The summed E-state index contributed by atoms with van der Waals surface area (Å²) in [5, 5.41) is 4.39. The van der Waals surface area contributed by atoms with E-state index in [9.17, 15) is 0 Å². The first-order valence-electron chi connectivity index (χ1n) is 6.97. The molecule has 0 bridgehead atoms. The van der Waals surface area contributed by atoms with Gasteiger partial charge in [-0.15, -0.1) is 0 Å². The number of hydrogen-bond donors (Lipinski definition) is 1. The zero-order valence-corrected chi connectivity index (χ0v) is 14.0. The van der Waals surface area contributed by atoms with Crippen molar-refractivity contribution in [2.24, 2.45) is 0 Å². The molecule has 21 heavy (non-hydrogen) atoms. The Balaban J connectivity index is 2.11. The van der Waals surface area contributed by atoms with Crippen molar-refractivity contribution in [3.05, 3.63) is 41.3 Å². The minimum Gasteiger partial charge on any atom is -0.497 e. The highest BCUT2D eigenvalue weighted by Gasteiger charge is 2.21. The van der Waals surface area contributed by atoms with Crippen LogP contribution < -0.4 is 10.1 Å². The second kappa shape index (κ2) is 7.00. The summed E-state index contributed by atoms with van der Waals surface area (Å²) in [4.78, 5) is 4.44. The lowest BCUT2D eigenvalue weighted by molar-refractivity contribution is 0.414. The Labute approximate surface area is 130 Å². The van der Waals surface area contributed by atoms with Gasteiger partial charge in [0.05, 0.1) is 12.8 Å². The van der Waals surface area contributed by atoms with Gasteiger partial charge < -0.3 is 14.5 Å². The van der Waals surface area contributed by atoms with Crippen molar-refractivity contribution in [2.75, 3.05) is 14.2 Å². The van der Waals surface area contributed by atoms with E-state index < -0.39 is 0 Å². The monoisotopic (exact) mass is 306 g/mol. The molecule has 0 radical (unpaired) electrons. The Bertz CT molecular complexity index is 561. The second-order valence-electron chi connectivity index (χ2n) is 4.98. The van der Waals surface area contributed by atoms with E-state index in [4.69, 9.17) is 9.15 Å². The van der Waals surface area contributed by atoms with Gasteiger partial charge in [-0.1, -0.05) is 30.8 Å². The third-order valence-corrected chi connectivity index (χ3v) is 4.57. The molecule has 0 amide bonds. The van der Waals surface area contributed by atoms with Crippen LogP contribution in [0.5, 0.6) is 5.75 Å². The number of oxazole rings is 1. The van der Waals surface area contributed by atoms with Crippen LogP contribution in [0.2, 0.25) is 0 Å². The van der Waals surface area contributed by atoms with Gasteiger partial charge in [-0.2, -0.15) is 0 Å². The summed E-state index contributed by atoms with van der Waals surface area (Å²) < 4.78 is 10.9. The highest BCUT2D eigenvalue weighted by atomic mass is 32.2. The first kappa shape index (κ1) is 15.9. The Hall–Kier alpha value is -1.46. The number of aryl methyl sites for hydroxylation is 2. The Kier molecular flexibility index (Phi) is 5.31. The van der Waals surface area contributed by atoms with Gasteiger partial charge in [0.1, 0.15) is 11.5 Å². The van der Waals surface area contributed by atoms with Crippen LogP contribution in [0, 0.1) is 13.8 Å². The molecule has 2 rings (SSSR count). The van der Waals surface area contributed by atoms with Gasteiger partial charge in [0.25, 0.3) is 5.22 Å². The van der Waals surface area contributed by atoms with Gasteiger partial charge in [0.2, 0.25) is 0 Å². The van der Waals surface area contributed by atoms with E-state index in [0.717, 1.165) is 22.4 Å². The molecule has 0 aliphatic heterocycles. The fourth-order valence-electron chi connectivity index (χ4n) is 2.20. The Morgan fingerprint density at radius 3 is 2.38 bits per heavy atom. The molecule has 0 saturated heterocycles.